The van der Waals surface area contributed by atoms with Crippen molar-refractivity contribution in [1.82, 2.24) is 9.78 Å². The molecule has 0 bridgehead atoms. The van der Waals surface area contributed by atoms with Crippen LogP contribution >= 0.6 is 11.6 Å². The molecule has 2 rings (SSSR count). The second-order valence-corrected chi connectivity index (χ2v) is 5.07. The summed E-state index contributed by atoms with van der Waals surface area (Å²) < 4.78 is 11.8. The highest BCUT2D eigenvalue weighted by atomic mass is 35.5. The van der Waals surface area contributed by atoms with E-state index in [0.29, 0.717) is 30.3 Å². The van der Waals surface area contributed by atoms with Crippen LogP contribution < -0.4 is 4.74 Å². The third kappa shape index (κ3) is 3.97. The molecular formula is C15H19ClN2O3. The predicted molar refractivity (Wildman–Crippen MR) is 80.8 cm³/mol. The smallest absolute Gasteiger partial charge is 0.118 e. The fourth-order valence-corrected chi connectivity index (χ4v) is 2.41. The Morgan fingerprint density at radius 2 is 2.00 bits per heavy atom. The lowest BCUT2D eigenvalue weighted by Crippen LogP contribution is -2.14. The van der Waals surface area contributed by atoms with Gasteiger partial charge in [-0.1, -0.05) is 23.7 Å². The van der Waals surface area contributed by atoms with Crippen LogP contribution in [0.15, 0.2) is 30.5 Å². The zero-order chi connectivity index (χ0) is 15.2. The fourth-order valence-electron chi connectivity index (χ4n) is 2.14. The van der Waals surface area contributed by atoms with Crippen LogP contribution in [-0.2, 0) is 17.7 Å². The predicted octanol–water partition coefficient (Wildman–Crippen LogP) is 2.47. The normalized spacial score (nSPS) is 12.4. The van der Waals surface area contributed by atoms with Crippen LogP contribution in [0.25, 0.3) is 0 Å². The number of aromatic nitrogens is 2. The molecular weight excluding hydrogens is 292 g/mol. The van der Waals surface area contributed by atoms with E-state index in [1.165, 1.54) is 0 Å². The van der Waals surface area contributed by atoms with Crippen LogP contribution in [-0.4, -0.2) is 35.7 Å². The Hall–Kier alpha value is -1.56. The summed E-state index contributed by atoms with van der Waals surface area (Å²) in [6, 6.07) is 7.58. The zero-order valence-corrected chi connectivity index (χ0v) is 12.9. The molecule has 1 aromatic heterocycles. The number of nitrogens with zero attached hydrogens (tertiary/aromatic N) is 2. The van der Waals surface area contributed by atoms with Gasteiger partial charge in [-0.05, 0) is 17.7 Å². The maximum Gasteiger partial charge on any atom is 0.118 e. The van der Waals surface area contributed by atoms with Gasteiger partial charge in [0.05, 0.1) is 37.2 Å². The van der Waals surface area contributed by atoms with Crippen molar-refractivity contribution in [3.05, 3.63) is 46.7 Å². The van der Waals surface area contributed by atoms with E-state index in [0.717, 1.165) is 11.3 Å². The van der Waals surface area contributed by atoms with Crippen molar-refractivity contribution in [3.8, 4) is 5.75 Å². The summed E-state index contributed by atoms with van der Waals surface area (Å²) in [4.78, 5) is 0. The Kier molecular flexibility index (Phi) is 5.61. The summed E-state index contributed by atoms with van der Waals surface area (Å²) in [7, 11) is 3.25. The molecule has 1 atom stereocenters. The molecule has 0 saturated carbocycles. The zero-order valence-electron chi connectivity index (χ0n) is 12.1. The molecule has 1 aromatic carbocycles. The van der Waals surface area contributed by atoms with E-state index in [1.807, 2.05) is 24.3 Å². The first-order valence-corrected chi connectivity index (χ1v) is 7.04. The molecule has 6 heteroatoms. The van der Waals surface area contributed by atoms with Gasteiger partial charge in [-0.15, -0.1) is 0 Å². The largest absolute Gasteiger partial charge is 0.497 e. The van der Waals surface area contributed by atoms with Gasteiger partial charge in [0, 0.05) is 13.5 Å². The number of methoxy groups -OCH3 is 2. The van der Waals surface area contributed by atoms with Crippen LogP contribution in [0.4, 0.5) is 0 Å². The molecule has 2 aromatic rings. The van der Waals surface area contributed by atoms with E-state index in [2.05, 4.69) is 5.10 Å². The van der Waals surface area contributed by atoms with E-state index < -0.39 is 6.10 Å². The van der Waals surface area contributed by atoms with Crippen molar-refractivity contribution < 1.29 is 14.6 Å². The SMILES string of the molecule is COCCn1ncc(Cl)c1C(O)Cc1ccc(OC)cc1. The van der Waals surface area contributed by atoms with E-state index >= 15 is 0 Å². The molecule has 0 saturated heterocycles. The average molecular weight is 311 g/mol. The van der Waals surface area contributed by atoms with Gasteiger partial charge in [-0.25, -0.2) is 0 Å². The Labute approximate surface area is 129 Å². The van der Waals surface area contributed by atoms with Crippen LogP contribution in [0, 0.1) is 0 Å². The van der Waals surface area contributed by atoms with Crippen molar-refractivity contribution in [1.29, 1.82) is 0 Å². The number of hydrogen-bond acceptors (Lipinski definition) is 4. The van der Waals surface area contributed by atoms with E-state index in [9.17, 15) is 5.11 Å². The molecule has 0 aliphatic rings. The molecule has 1 unspecified atom stereocenters. The maximum atomic E-state index is 10.4. The summed E-state index contributed by atoms with van der Waals surface area (Å²) in [6.07, 6.45) is 1.29. The van der Waals surface area contributed by atoms with E-state index in [-0.39, 0.29) is 0 Å². The first-order chi connectivity index (χ1) is 10.2. The highest BCUT2D eigenvalue weighted by Gasteiger charge is 2.18. The molecule has 0 spiro atoms. The lowest BCUT2D eigenvalue weighted by atomic mass is 10.1. The molecule has 0 fully saturated rings. The lowest BCUT2D eigenvalue weighted by Gasteiger charge is -2.14. The van der Waals surface area contributed by atoms with E-state index in [1.54, 1.807) is 25.1 Å². The first-order valence-electron chi connectivity index (χ1n) is 6.67. The molecule has 0 radical (unpaired) electrons. The number of aliphatic hydroxyl groups excluding tert-OH is 1. The van der Waals surface area contributed by atoms with Gasteiger partial charge in [-0.2, -0.15) is 5.10 Å². The molecule has 21 heavy (non-hydrogen) atoms. The quantitative estimate of drug-likeness (QED) is 0.853. The highest BCUT2D eigenvalue weighted by molar-refractivity contribution is 6.31. The van der Waals surface area contributed by atoms with Gasteiger partial charge in [0.15, 0.2) is 0 Å². The second-order valence-electron chi connectivity index (χ2n) is 4.66. The maximum absolute atomic E-state index is 10.4. The number of rotatable bonds is 7. The first kappa shape index (κ1) is 15.8. The van der Waals surface area contributed by atoms with Crippen molar-refractivity contribution in [3.63, 3.8) is 0 Å². The van der Waals surface area contributed by atoms with Gasteiger partial charge in [0.2, 0.25) is 0 Å². The van der Waals surface area contributed by atoms with E-state index in [4.69, 9.17) is 21.1 Å². The van der Waals surface area contributed by atoms with Crippen LogP contribution in [0.2, 0.25) is 5.02 Å². The fraction of sp³-hybridized carbons (Fsp3) is 0.400. The third-order valence-corrected chi connectivity index (χ3v) is 3.54. The van der Waals surface area contributed by atoms with Crippen LogP contribution in [0.1, 0.15) is 17.4 Å². The lowest BCUT2D eigenvalue weighted by molar-refractivity contribution is 0.153. The minimum atomic E-state index is -0.717. The Morgan fingerprint density at radius 1 is 1.29 bits per heavy atom. The summed E-state index contributed by atoms with van der Waals surface area (Å²) in [5.74, 6) is 0.788. The molecule has 0 amide bonds. The number of hydrogen-bond donors (Lipinski definition) is 1. The number of aliphatic hydroxyl groups is 1. The Balaban J connectivity index is 2.11. The van der Waals surface area contributed by atoms with Crippen molar-refractivity contribution >= 4 is 11.6 Å². The molecule has 0 aliphatic heterocycles. The van der Waals surface area contributed by atoms with Gasteiger partial charge in [-0.3, -0.25) is 4.68 Å². The second kappa shape index (κ2) is 7.45. The summed E-state index contributed by atoms with van der Waals surface area (Å²) in [5, 5.41) is 15.1. The molecule has 1 N–H and O–H groups in total. The number of benzene rings is 1. The van der Waals surface area contributed by atoms with Crippen molar-refractivity contribution in [2.75, 3.05) is 20.8 Å². The van der Waals surface area contributed by atoms with Crippen LogP contribution in [0.3, 0.4) is 0 Å². The number of halogens is 1. The molecule has 0 aliphatic carbocycles. The van der Waals surface area contributed by atoms with Gasteiger partial charge in [0.1, 0.15) is 11.9 Å². The standard InChI is InChI=1S/C15H19ClN2O3/c1-20-8-7-18-15(13(16)10-17-18)14(19)9-11-3-5-12(21-2)6-4-11/h3-6,10,14,19H,7-9H2,1-2H3. The minimum Gasteiger partial charge on any atom is -0.497 e. The molecule has 5 nitrogen and oxygen atoms in total. The molecule has 114 valence electrons. The van der Waals surface area contributed by atoms with Gasteiger partial charge in [0.25, 0.3) is 0 Å². The van der Waals surface area contributed by atoms with Crippen LogP contribution in [0.5, 0.6) is 5.75 Å². The van der Waals surface area contributed by atoms with Crippen molar-refractivity contribution in [2.45, 2.75) is 19.1 Å². The van der Waals surface area contributed by atoms with Gasteiger partial charge < -0.3 is 14.6 Å². The highest BCUT2D eigenvalue weighted by Crippen LogP contribution is 2.26. The molecule has 1 heterocycles. The summed E-state index contributed by atoms with van der Waals surface area (Å²) in [5.41, 5.74) is 1.61. The topological polar surface area (TPSA) is 56.5 Å². The summed E-state index contributed by atoms with van der Waals surface area (Å²) in [6.45, 7) is 1.07. The Morgan fingerprint density at radius 3 is 2.62 bits per heavy atom. The van der Waals surface area contributed by atoms with Gasteiger partial charge >= 0.3 is 0 Å². The average Bonchev–Trinajstić information content (AvgIpc) is 2.87. The third-order valence-electron chi connectivity index (χ3n) is 3.24. The summed E-state index contributed by atoms with van der Waals surface area (Å²) >= 11 is 6.13. The minimum absolute atomic E-state index is 0.461. The monoisotopic (exact) mass is 310 g/mol. The Bertz CT molecular complexity index is 569. The van der Waals surface area contributed by atoms with Crippen molar-refractivity contribution in [2.24, 2.45) is 0 Å². The number of ether oxygens (including phenoxy) is 2.